The van der Waals surface area contributed by atoms with Gasteiger partial charge in [0.15, 0.2) is 0 Å². The maximum atomic E-state index is 13.7. The molecule has 1 aromatic heterocycles. The normalized spacial score (nSPS) is 21.5. The molecule has 0 unspecified atom stereocenters. The van der Waals surface area contributed by atoms with Crippen LogP contribution in [0, 0.1) is 5.41 Å². The van der Waals surface area contributed by atoms with Crippen molar-refractivity contribution in [1.29, 1.82) is 0 Å². The highest BCUT2D eigenvalue weighted by Crippen LogP contribution is 2.37. The predicted octanol–water partition coefficient (Wildman–Crippen LogP) is 8.38. The maximum absolute atomic E-state index is 13.7. The van der Waals surface area contributed by atoms with Crippen LogP contribution >= 0.6 is 0 Å². The van der Waals surface area contributed by atoms with Gasteiger partial charge in [-0.05, 0) is 111 Å². The molecule has 0 spiro atoms. The summed E-state index contributed by atoms with van der Waals surface area (Å²) in [4.78, 5) is 23.2. The zero-order valence-corrected chi connectivity index (χ0v) is 28.7. The predicted molar refractivity (Wildman–Crippen MR) is 185 cm³/mol. The van der Waals surface area contributed by atoms with Crippen molar-refractivity contribution >= 4 is 6.09 Å². The Balaban J connectivity index is 1.22. The van der Waals surface area contributed by atoms with E-state index in [4.69, 9.17) is 9.72 Å². The highest BCUT2D eigenvalue weighted by molar-refractivity contribution is 5.69. The number of hydrogen-bond donors (Lipinski definition) is 1. The molecule has 1 saturated carbocycles. The Morgan fingerprint density at radius 3 is 2.39 bits per heavy atom. The number of hydrogen-bond acceptors (Lipinski definition) is 5. The number of carbonyl (C=O) groups excluding carboxylic acids is 1. The quantitative estimate of drug-likeness (QED) is 0.274. The third-order valence-electron chi connectivity index (χ3n) is 10.4. The first-order valence-electron chi connectivity index (χ1n) is 17.6. The van der Waals surface area contributed by atoms with Gasteiger partial charge >= 0.3 is 6.09 Å². The number of amides is 1. The molecule has 46 heavy (non-hydrogen) atoms. The van der Waals surface area contributed by atoms with Crippen molar-refractivity contribution in [2.45, 2.75) is 129 Å². The molecule has 2 atom stereocenters. The molecule has 0 bridgehead atoms. The van der Waals surface area contributed by atoms with Crippen LogP contribution in [0.15, 0.2) is 66.9 Å². The zero-order valence-electron chi connectivity index (χ0n) is 28.7. The first-order chi connectivity index (χ1) is 22.0. The van der Waals surface area contributed by atoms with E-state index in [-0.39, 0.29) is 18.2 Å². The molecule has 1 fully saturated rings. The summed E-state index contributed by atoms with van der Waals surface area (Å²) in [5.74, 6) is 0. The van der Waals surface area contributed by atoms with Crippen molar-refractivity contribution in [3.63, 3.8) is 0 Å². The number of nitrogens with zero attached hydrogens (tertiary/aromatic N) is 3. The number of carbonyl (C=O) groups is 1. The van der Waals surface area contributed by atoms with Gasteiger partial charge in [0.25, 0.3) is 0 Å². The summed E-state index contributed by atoms with van der Waals surface area (Å²) in [6.07, 6.45) is 11.0. The van der Waals surface area contributed by atoms with Crippen LogP contribution in [0.2, 0.25) is 0 Å². The summed E-state index contributed by atoms with van der Waals surface area (Å²) < 4.78 is 5.96. The van der Waals surface area contributed by atoms with Gasteiger partial charge in [-0.25, -0.2) is 4.79 Å². The molecule has 3 aliphatic rings. The number of ether oxygens (including phenoxy) is 1. The fourth-order valence-electron chi connectivity index (χ4n) is 7.66. The highest BCUT2D eigenvalue weighted by Gasteiger charge is 2.36. The highest BCUT2D eigenvalue weighted by atomic mass is 16.6. The van der Waals surface area contributed by atoms with Crippen molar-refractivity contribution in [2.24, 2.45) is 5.41 Å². The Bertz CT molecular complexity index is 1470. The summed E-state index contributed by atoms with van der Waals surface area (Å²) in [5.41, 5.74) is 7.67. The molecule has 1 aliphatic heterocycles. The van der Waals surface area contributed by atoms with E-state index in [0.29, 0.717) is 18.0 Å². The second kappa shape index (κ2) is 13.9. The van der Waals surface area contributed by atoms with Crippen LogP contribution in [-0.2, 0) is 37.2 Å². The Hall–Kier alpha value is -3.22. The lowest BCUT2D eigenvalue weighted by molar-refractivity contribution is 0.00400. The average molecular weight is 623 g/mol. The van der Waals surface area contributed by atoms with Gasteiger partial charge in [0.2, 0.25) is 0 Å². The van der Waals surface area contributed by atoms with Gasteiger partial charge in [0, 0.05) is 38.4 Å². The molecule has 2 heterocycles. The molecule has 6 rings (SSSR count). The van der Waals surface area contributed by atoms with E-state index >= 15 is 0 Å². The largest absolute Gasteiger partial charge is 0.444 e. The molecular weight excluding hydrogens is 568 g/mol. The van der Waals surface area contributed by atoms with Crippen LogP contribution in [0.25, 0.3) is 0 Å². The van der Waals surface area contributed by atoms with Crippen molar-refractivity contribution in [3.05, 3.63) is 100 Å². The Morgan fingerprint density at radius 2 is 1.65 bits per heavy atom. The van der Waals surface area contributed by atoms with E-state index in [1.54, 1.807) is 0 Å². The van der Waals surface area contributed by atoms with Gasteiger partial charge in [-0.2, -0.15) is 0 Å². The average Bonchev–Trinajstić information content (AvgIpc) is 3.03. The molecule has 0 radical (unpaired) electrons. The minimum atomic E-state index is -0.547. The standard InChI is InChI=1S/C40H54N4O2/c1-39(2,3)46-38(45)44-27-33-11-7-6-10-32(33)24-35(44)28-43(36-14-8-12-31-13-9-23-41-37(31)36)26-30-17-15-29(16-18-30)25-42-34-19-21-40(4,5)22-20-34/h6-7,9-11,13,15-18,23,34-36,42H,8,12,14,19-22,24-28H2,1-5H3/t35-,36+/m1/s1. The molecule has 1 N–H and O–H groups in total. The monoisotopic (exact) mass is 622 g/mol. The minimum absolute atomic E-state index is 0.00258. The number of benzene rings is 2. The van der Waals surface area contributed by atoms with Crippen LogP contribution in [0.1, 0.15) is 113 Å². The number of aryl methyl sites for hydroxylation is 1. The SMILES string of the molecule is CC1(C)CCC(NCc2ccc(CN(C[C@H]3Cc4ccccc4CN3C(=O)OC(C)(C)C)[C@H]3CCCc4cccnc43)cc2)CC1. The van der Waals surface area contributed by atoms with Crippen LogP contribution in [-0.4, -0.2) is 45.1 Å². The summed E-state index contributed by atoms with van der Waals surface area (Å²) in [7, 11) is 0. The maximum Gasteiger partial charge on any atom is 0.410 e. The van der Waals surface area contributed by atoms with Crippen molar-refractivity contribution in [2.75, 3.05) is 6.54 Å². The molecule has 2 aromatic carbocycles. The van der Waals surface area contributed by atoms with Crippen LogP contribution in [0.3, 0.4) is 0 Å². The van der Waals surface area contributed by atoms with E-state index < -0.39 is 5.60 Å². The minimum Gasteiger partial charge on any atom is -0.444 e. The Morgan fingerprint density at radius 1 is 0.957 bits per heavy atom. The fourth-order valence-corrected chi connectivity index (χ4v) is 7.66. The van der Waals surface area contributed by atoms with E-state index in [1.807, 2.05) is 31.9 Å². The van der Waals surface area contributed by atoms with Gasteiger partial charge in [-0.1, -0.05) is 68.4 Å². The fraction of sp³-hybridized carbons (Fsp3) is 0.550. The van der Waals surface area contributed by atoms with Gasteiger partial charge in [0.1, 0.15) is 5.60 Å². The van der Waals surface area contributed by atoms with Gasteiger partial charge in [-0.15, -0.1) is 0 Å². The second-order valence-electron chi connectivity index (χ2n) is 15.8. The van der Waals surface area contributed by atoms with E-state index in [1.165, 1.54) is 59.2 Å². The first kappa shape index (κ1) is 32.7. The van der Waals surface area contributed by atoms with Crippen molar-refractivity contribution < 1.29 is 9.53 Å². The molecule has 3 aromatic rings. The second-order valence-corrected chi connectivity index (χ2v) is 15.8. The van der Waals surface area contributed by atoms with E-state index in [9.17, 15) is 4.79 Å². The summed E-state index contributed by atoms with van der Waals surface area (Å²) in [6.45, 7) is 13.7. The lowest BCUT2D eigenvalue weighted by atomic mass is 9.75. The van der Waals surface area contributed by atoms with Crippen LogP contribution < -0.4 is 5.32 Å². The summed E-state index contributed by atoms with van der Waals surface area (Å²) in [5, 5.41) is 3.82. The Labute approximate surface area is 276 Å². The Kier molecular flexibility index (Phi) is 9.86. The smallest absolute Gasteiger partial charge is 0.410 e. The number of fused-ring (bicyclic) bond motifs is 2. The van der Waals surface area contributed by atoms with Crippen molar-refractivity contribution in [3.8, 4) is 0 Å². The molecule has 6 heteroatoms. The third-order valence-corrected chi connectivity index (χ3v) is 10.4. The summed E-state index contributed by atoms with van der Waals surface area (Å²) >= 11 is 0. The molecule has 246 valence electrons. The van der Waals surface area contributed by atoms with Crippen LogP contribution in [0.5, 0.6) is 0 Å². The molecule has 2 aliphatic carbocycles. The number of aromatic nitrogens is 1. The lowest BCUT2D eigenvalue weighted by Gasteiger charge is -2.42. The van der Waals surface area contributed by atoms with Gasteiger partial charge < -0.3 is 10.1 Å². The molecule has 1 amide bonds. The van der Waals surface area contributed by atoms with Crippen molar-refractivity contribution in [1.82, 2.24) is 20.1 Å². The first-order valence-corrected chi connectivity index (χ1v) is 17.6. The topological polar surface area (TPSA) is 57.7 Å². The zero-order chi connectivity index (χ0) is 32.3. The van der Waals surface area contributed by atoms with Gasteiger partial charge in [-0.3, -0.25) is 14.8 Å². The lowest BCUT2D eigenvalue weighted by Crippen LogP contribution is -2.52. The molecule has 6 nitrogen and oxygen atoms in total. The van der Waals surface area contributed by atoms with Crippen LogP contribution in [0.4, 0.5) is 4.79 Å². The van der Waals surface area contributed by atoms with E-state index in [2.05, 4.69) is 84.7 Å². The van der Waals surface area contributed by atoms with E-state index in [0.717, 1.165) is 45.3 Å². The number of nitrogens with one attached hydrogen (secondary N) is 1. The number of pyridine rings is 1. The van der Waals surface area contributed by atoms with Gasteiger partial charge in [0.05, 0.1) is 17.8 Å². The summed E-state index contributed by atoms with van der Waals surface area (Å²) in [6, 6.07) is 22.9. The molecule has 0 saturated heterocycles. The number of rotatable bonds is 8. The third kappa shape index (κ3) is 8.19. The molecular formula is C40H54N4O2.